The highest BCUT2D eigenvalue weighted by Gasteiger charge is 2.31. The molecule has 9 heteroatoms. The van der Waals surface area contributed by atoms with Crippen molar-refractivity contribution < 1.29 is 14.4 Å². The molecule has 3 heterocycles. The minimum atomic E-state index is -0.791. The Balaban J connectivity index is 1.66. The number of carbonyl (C=O) groups excluding carboxylic acids is 3. The number of aldehydes is 1. The highest BCUT2D eigenvalue weighted by atomic mass is 16.2. The predicted molar refractivity (Wildman–Crippen MR) is 101 cm³/mol. The van der Waals surface area contributed by atoms with Crippen LogP contribution in [0.25, 0.3) is 11.4 Å². The lowest BCUT2D eigenvalue weighted by atomic mass is 10.1. The van der Waals surface area contributed by atoms with Crippen molar-refractivity contribution in [1.29, 1.82) is 0 Å². The molecule has 0 bridgehead atoms. The van der Waals surface area contributed by atoms with E-state index >= 15 is 0 Å². The third-order valence-corrected chi connectivity index (χ3v) is 5.40. The molecule has 2 saturated heterocycles. The average molecular weight is 383 g/mol. The molecule has 28 heavy (non-hydrogen) atoms. The van der Waals surface area contributed by atoms with Crippen LogP contribution in [0.3, 0.4) is 0 Å². The van der Waals surface area contributed by atoms with Crippen molar-refractivity contribution >= 4 is 23.8 Å². The number of piperidine rings is 1. The zero-order valence-electron chi connectivity index (χ0n) is 15.5. The number of rotatable bonds is 4. The number of hydrogen-bond acceptors (Lipinski definition) is 6. The normalized spacial score (nSPS) is 22.4. The number of anilines is 1. The first kappa shape index (κ1) is 18.1. The summed E-state index contributed by atoms with van der Waals surface area (Å²) < 4.78 is 2.56. The molecular formula is C19H21N5O4. The number of nitrogens with one attached hydrogen (secondary N) is 1. The molecule has 2 amide bonds. The molecule has 2 aliphatic heterocycles. The number of aromatic nitrogens is 3. The fraction of sp³-hybridized carbons (Fsp3) is 0.421. The first-order valence-electron chi connectivity index (χ1n) is 9.28. The van der Waals surface area contributed by atoms with Gasteiger partial charge in [-0.15, -0.1) is 5.10 Å². The van der Waals surface area contributed by atoms with Crippen LogP contribution in [-0.2, 0) is 21.4 Å². The number of imide groups is 1. The van der Waals surface area contributed by atoms with Crippen LogP contribution in [0.5, 0.6) is 0 Å². The van der Waals surface area contributed by atoms with Gasteiger partial charge in [0.05, 0.1) is 0 Å². The molecule has 146 valence electrons. The van der Waals surface area contributed by atoms with Gasteiger partial charge in [0.25, 0.3) is 5.91 Å². The van der Waals surface area contributed by atoms with Crippen molar-refractivity contribution in [3.05, 3.63) is 34.7 Å². The van der Waals surface area contributed by atoms with Crippen LogP contribution in [-0.4, -0.2) is 45.5 Å². The largest absolute Gasteiger partial charge is 0.371 e. The Labute approximate surface area is 160 Å². The van der Waals surface area contributed by atoms with Gasteiger partial charge in [0.1, 0.15) is 12.3 Å². The summed E-state index contributed by atoms with van der Waals surface area (Å²) in [6, 6.07) is 6.84. The molecule has 2 atom stereocenters. The second-order valence-electron chi connectivity index (χ2n) is 7.26. The minimum absolute atomic E-state index is 0.0414. The van der Waals surface area contributed by atoms with Crippen molar-refractivity contribution in [1.82, 2.24) is 19.7 Å². The van der Waals surface area contributed by atoms with E-state index in [4.69, 9.17) is 0 Å². The first-order chi connectivity index (χ1) is 13.5. The van der Waals surface area contributed by atoms with Gasteiger partial charge in [-0.2, -0.15) is 0 Å². The second kappa shape index (κ2) is 7.06. The Kier molecular flexibility index (Phi) is 4.58. The van der Waals surface area contributed by atoms with Crippen molar-refractivity contribution in [3.8, 4) is 11.4 Å². The van der Waals surface area contributed by atoms with E-state index in [1.54, 1.807) is 7.05 Å². The van der Waals surface area contributed by atoms with Crippen molar-refractivity contribution in [2.45, 2.75) is 25.3 Å². The van der Waals surface area contributed by atoms with E-state index < -0.39 is 17.6 Å². The summed E-state index contributed by atoms with van der Waals surface area (Å²) >= 11 is 0. The van der Waals surface area contributed by atoms with Gasteiger partial charge in [-0.05, 0) is 25.0 Å². The minimum Gasteiger partial charge on any atom is -0.371 e. The molecule has 9 nitrogen and oxygen atoms in total. The van der Waals surface area contributed by atoms with Gasteiger partial charge in [-0.1, -0.05) is 12.1 Å². The van der Waals surface area contributed by atoms with Gasteiger partial charge in [0, 0.05) is 43.7 Å². The maximum atomic E-state index is 12.7. The van der Waals surface area contributed by atoms with Gasteiger partial charge < -0.3 is 9.69 Å². The highest BCUT2D eigenvalue weighted by Crippen LogP contribution is 2.27. The number of hydrogen-bond donors (Lipinski definition) is 1. The maximum Gasteiger partial charge on any atom is 0.346 e. The maximum absolute atomic E-state index is 12.7. The molecule has 4 rings (SSSR count). The zero-order chi connectivity index (χ0) is 19.8. The molecule has 0 spiro atoms. The van der Waals surface area contributed by atoms with Crippen LogP contribution in [0.15, 0.2) is 29.1 Å². The molecule has 2 unspecified atom stereocenters. The first-order valence-corrected chi connectivity index (χ1v) is 9.28. The monoisotopic (exact) mass is 383 g/mol. The molecule has 0 radical (unpaired) electrons. The molecule has 2 fully saturated rings. The molecular weight excluding hydrogens is 362 g/mol. The number of nitrogens with zero attached hydrogens (tertiary/aromatic N) is 4. The lowest BCUT2D eigenvalue weighted by molar-refractivity contribution is -0.136. The Hall–Kier alpha value is -3.23. The van der Waals surface area contributed by atoms with E-state index in [1.165, 1.54) is 4.57 Å². The van der Waals surface area contributed by atoms with Crippen LogP contribution in [0.1, 0.15) is 25.3 Å². The molecule has 1 aromatic heterocycles. The smallest absolute Gasteiger partial charge is 0.346 e. The molecule has 1 aromatic carbocycles. The van der Waals surface area contributed by atoms with Gasteiger partial charge in [0.2, 0.25) is 5.91 Å². The fourth-order valence-electron chi connectivity index (χ4n) is 3.80. The van der Waals surface area contributed by atoms with Crippen LogP contribution >= 0.6 is 0 Å². The summed E-state index contributed by atoms with van der Waals surface area (Å²) in [6.07, 6.45) is 2.25. The van der Waals surface area contributed by atoms with Gasteiger partial charge in [0.15, 0.2) is 5.82 Å². The van der Waals surface area contributed by atoms with E-state index in [0.29, 0.717) is 12.4 Å². The van der Waals surface area contributed by atoms with E-state index in [-0.39, 0.29) is 24.7 Å². The summed E-state index contributed by atoms with van der Waals surface area (Å²) in [5, 5.41) is 6.66. The van der Waals surface area contributed by atoms with Crippen LogP contribution < -0.4 is 15.9 Å². The predicted octanol–water partition coefficient (Wildman–Crippen LogP) is 0.252. The molecule has 2 aromatic rings. The van der Waals surface area contributed by atoms with Gasteiger partial charge in [-0.25, -0.2) is 9.48 Å². The SMILES string of the molecule is Cn1c(-c2cccc(N3CCC(C=O)C3)c2)nn(C2CCC(=O)NC2=O)c1=O. The molecule has 0 aliphatic carbocycles. The Morgan fingerprint density at radius 3 is 2.75 bits per heavy atom. The van der Waals surface area contributed by atoms with Crippen LogP contribution in [0, 0.1) is 5.92 Å². The van der Waals surface area contributed by atoms with Crippen molar-refractivity contribution in [2.24, 2.45) is 13.0 Å². The topological polar surface area (TPSA) is 106 Å². The van der Waals surface area contributed by atoms with E-state index in [1.807, 2.05) is 24.3 Å². The number of benzene rings is 1. The lowest BCUT2D eigenvalue weighted by Gasteiger charge is -2.19. The van der Waals surface area contributed by atoms with Crippen LogP contribution in [0.2, 0.25) is 0 Å². The zero-order valence-corrected chi connectivity index (χ0v) is 15.5. The third kappa shape index (κ3) is 3.12. The number of amides is 2. The summed E-state index contributed by atoms with van der Waals surface area (Å²) in [6.45, 7) is 1.48. The summed E-state index contributed by atoms with van der Waals surface area (Å²) in [5.41, 5.74) is 1.31. The third-order valence-electron chi connectivity index (χ3n) is 5.40. The lowest BCUT2D eigenvalue weighted by Crippen LogP contribution is -2.44. The summed E-state index contributed by atoms with van der Waals surface area (Å²) in [4.78, 5) is 49.3. The Bertz CT molecular complexity index is 1010. The quantitative estimate of drug-likeness (QED) is 0.599. The van der Waals surface area contributed by atoms with Gasteiger partial charge >= 0.3 is 5.69 Å². The van der Waals surface area contributed by atoms with Crippen molar-refractivity contribution in [3.63, 3.8) is 0 Å². The number of carbonyl (C=O) groups is 3. The van der Waals surface area contributed by atoms with E-state index in [2.05, 4.69) is 15.3 Å². The molecule has 2 aliphatic rings. The molecule has 0 saturated carbocycles. The highest BCUT2D eigenvalue weighted by molar-refractivity contribution is 5.99. The van der Waals surface area contributed by atoms with E-state index in [0.717, 1.165) is 35.2 Å². The van der Waals surface area contributed by atoms with Crippen LogP contribution in [0.4, 0.5) is 5.69 Å². The summed E-state index contributed by atoms with van der Waals surface area (Å²) in [5.74, 6) is -0.353. The Morgan fingerprint density at radius 1 is 1.21 bits per heavy atom. The second-order valence-corrected chi connectivity index (χ2v) is 7.26. The average Bonchev–Trinajstić information content (AvgIpc) is 3.28. The summed E-state index contributed by atoms with van der Waals surface area (Å²) in [7, 11) is 1.61. The molecule has 1 N–H and O–H groups in total. The standard InChI is InChI=1S/C19H21N5O4/c1-22-17(21-24(19(22)28)15-5-6-16(26)20-18(15)27)13-3-2-4-14(9-13)23-8-7-12(10-23)11-25/h2-4,9,11-12,15H,5-8,10H2,1H3,(H,20,26,27). The fourth-order valence-corrected chi connectivity index (χ4v) is 3.80. The van der Waals surface area contributed by atoms with Gasteiger partial charge in [-0.3, -0.25) is 19.5 Å². The van der Waals surface area contributed by atoms with E-state index in [9.17, 15) is 19.2 Å². The Morgan fingerprint density at radius 2 is 2.04 bits per heavy atom. The van der Waals surface area contributed by atoms with Crippen molar-refractivity contribution in [2.75, 3.05) is 18.0 Å².